The number of nitrogens with one attached hydrogen (secondary N) is 1. The Kier molecular flexibility index (Phi) is 5.53. The summed E-state index contributed by atoms with van der Waals surface area (Å²) >= 11 is 3.56. The van der Waals surface area contributed by atoms with Gasteiger partial charge in [-0.1, -0.05) is 48.0 Å². The lowest BCUT2D eigenvalue weighted by Gasteiger charge is -2.13. The number of hydrogen-bond donors (Lipinski definition) is 1. The molecule has 1 atom stereocenters. The van der Waals surface area contributed by atoms with Crippen LogP contribution in [0, 0.1) is 5.92 Å². The molecule has 0 radical (unpaired) electrons. The van der Waals surface area contributed by atoms with Crippen LogP contribution < -0.4 is 5.32 Å². The van der Waals surface area contributed by atoms with Crippen molar-refractivity contribution in [2.75, 3.05) is 6.54 Å². The van der Waals surface area contributed by atoms with E-state index < -0.39 is 0 Å². The summed E-state index contributed by atoms with van der Waals surface area (Å²) in [6, 6.07) is 9.29. The summed E-state index contributed by atoms with van der Waals surface area (Å²) in [5, 5.41) is 2.92. The van der Waals surface area contributed by atoms with Gasteiger partial charge in [0, 0.05) is 16.9 Å². The number of carbonyl (C=O) groups is 1. The first-order valence-electron chi connectivity index (χ1n) is 5.57. The van der Waals surface area contributed by atoms with E-state index >= 15 is 0 Å². The summed E-state index contributed by atoms with van der Waals surface area (Å²) in [7, 11) is 0. The van der Waals surface area contributed by atoms with Crippen molar-refractivity contribution in [2.45, 2.75) is 25.1 Å². The van der Waals surface area contributed by atoms with E-state index in [0.717, 1.165) is 6.42 Å². The maximum atomic E-state index is 11.7. The van der Waals surface area contributed by atoms with E-state index in [9.17, 15) is 4.79 Å². The van der Waals surface area contributed by atoms with E-state index in [-0.39, 0.29) is 5.91 Å². The van der Waals surface area contributed by atoms with Crippen molar-refractivity contribution in [3.05, 3.63) is 35.9 Å². The van der Waals surface area contributed by atoms with Crippen LogP contribution in [0.1, 0.15) is 30.6 Å². The Labute approximate surface area is 106 Å². The lowest BCUT2D eigenvalue weighted by atomic mass is 10.1. The van der Waals surface area contributed by atoms with Gasteiger partial charge in [-0.3, -0.25) is 4.79 Å². The van der Waals surface area contributed by atoms with E-state index in [1.165, 1.54) is 0 Å². The Balaban J connectivity index is 2.36. The van der Waals surface area contributed by atoms with Crippen LogP contribution in [-0.4, -0.2) is 17.3 Å². The molecule has 1 amide bonds. The quantitative estimate of drug-likeness (QED) is 0.826. The largest absolute Gasteiger partial charge is 0.351 e. The summed E-state index contributed by atoms with van der Waals surface area (Å²) < 4.78 is 0. The van der Waals surface area contributed by atoms with Gasteiger partial charge in [0.2, 0.25) is 0 Å². The minimum absolute atomic E-state index is 0.00574. The van der Waals surface area contributed by atoms with Crippen LogP contribution in [0.25, 0.3) is 0 Å². The maximum absolute atomic E-state index is 11.7. The Morgan fingerprint density at radius 1 is 1.31 bits per heavy atom. The Morgan fingerprint density at radius 2 is 1.94 bits per heavy atom. The number of halogens is 1. The molecule has 0 aromatic heterocycles. The Morgan fingerprint density at radius 3 is 2.50 bits per heavy atom. The fourth-order valence-electron chi connectivity index (χ4n) is 1.49. The van der Waals surface area contributed by atoms with Gasteiger partial charge in [0.15, 0.2) is 0 Å². The van der Waals surface area contributed by atoms with E-state index in [1.54, 1.807) is 0 Å². The number of rotatable bonds is 5. The molecule has 0 aliphatic heterocycles. The highest BCUT2D eigenvalue weighted by molar-refractivity contribution is 9.09. The molecule has 3 heteroatoms. The van der Waals surface area contributed by atoms with Gasteiger partial charge in [-0.25, -0.2) is 0 Å². The maximum Gasteiger partial charge on any atom is 0.251 e. The number of hydrogen-bond acceptors (Lipinski definition) is 1. The summed E-state index contributed by atoms with van der Waals surface area (Å²) in [4.78, 5) is 12.1. The van der Waals surface area contributed by atoms with Crippen molar-refractivity contribution in [1.82, 2.24) is 5.32 Å². The molecule has 1 N–H and O–H groups in total. The molecule has 0 spiro atoms. The second-order valence-electron chi connectivity index (χ2n) is 4.30. The molecule has 1 rings (SSSR count). The van der Waals surface area contributed by atoms with E-state index in [0.29, 0.717) is 22.9 Å². The van der Waals surface area contributed by atoms with Crippen molar-refractivity contribution in [3.8, 4) is 0 Å². The van der Waals surface area contributed by atoms with Gasteiger partial charge in [0.25, 0.3) is 5.91 Å². The molecule has 1 aromatic carbocycles. The van der Waals surface area contributed by atoms with E-state index in [4.69, 9.17) is 0 Å². The van der Waals surface area contributed by atoms with Gasteiger partial charge in [0.1, 0.15) is 0 Å². The zero-order valence-electron chi connectivity index (χ0n) is 9.74. The van der Waals surface area contributed by atoms with Crippen LogP contribution in [0.2, 0.25) is 0 Å². The minimum Gasteiger partial charge on any atom is -0.351 e. The van der Waals surface area contributed by atoms with Crippen LogP contribution in [0.5, 0.6) is 0 Å². The SMILES string of the molecule is CC(C)CC(Br)CNC(=O)c1ccccc1. The molecule has 0 fully saturated rings. The van der Waals surface area contributed by atoms with Gasteiger partial charge in [-0.05, 0) is 24.5 Å². The van der Waals surface area contributed by atoms with Gasteiger partial charge >= 0.3 is 0 Å². The van der Waals surface area contributed by atoms with Gasteiger partial charge in [0.05, 0.1) is 0 Å². The molecule has 0 saturated heterocycles. The average Bonchev–Trinajstić information content (AvgIpc) is 2.26. The molecular weight excluding hydrogens is 266 g/mol. The van der Waals surface area contributed by atoms with Crippen LogP contribution in [0.3, 0.4) is 0 Å². The lowest BCUT2D eigenvalue weighted by molar-refractivity contribution is 0.0953. The summed E-state index contributed by atoms with van der Waals surface area (Å²) in [5.41, 5.74) is 0.715. The molecular formula is C13H18BrNO. The molecule has 16 heavy (non-hydrogen) atoms. The fraction of sp³-hybridized carbons (Fsp3) is 0.462. The Bertz CT molecular complexity index is 324. The molecule has 1 unspecified atom stereocenters. The molecule has 88 valence electrons. The van der Waals surface area contributed by atoms with Crippen LogP contribution in [0.4, 0.5) is 0 Å². The molecule has 2 nitrogen and oxygen atoms in total. The first kappa shape index (κ1) is 13.2. The Hall–Kier alpha value is -0.830. The standard InChI is InChI=1S/C13H18BrNO/c1-10(2)8-12(14)9-15-13(16)11-6-4-3-5-7-11/h3-7,10,12H,8-9H2,1-2H3,(H,15,16). The van der Waals surface area contributed by atoms with Crippen molar-refractivity contribution < 1.29 is 4.79 Å². The number of amides is 1. The fourth-order valence-corrected chi connectivity index (χ4v) is 2.40. The second kappa shape index (κ2) is 6.69. The molecule has 0 aliphatic rings. The summed E-state index contributed by atoms with van der Waals surface area (Å²) in [6.07, 6.45) is 1.06. The zero-order valence-corrected chi connectivity index (χ0v) is 11.3. The van der Waals surface area contributed by atoms with Gasteiger partial charge < -0.3 is 5.32 Å². The van der Waals surface area contributed by atoms with Crippen molar-refractivity contribution in [1.29, 1.82) is 0 Å². The predicted molar refractivity (Wildman–Crippen MR) is 70.9 cm³/mol. The smallest absolute Gasteiger partial charge is 0.251 e. The number of alkyl halides is 1. The highest BCUT2D eigenvalue weighted by atomic mass is 79.9. The lowest BCUT2D eigenvalue weighted by Crippen LogP contribution is -2.30. The monoisotopic (exact) mass is 283 g/mol. The third-order valence-corrected chi connectivity index (χ3v) is 2.94. The normalized spacial score (nSPS) is 12.5. The predicted octanol–water partition coefficient (Wildman–Crippen LogP) is 3.23. The first-order valence-corrected chi connectivity index (χ1v) is 6.48. The summed E-state index contributed by atoms with van der Waals surface area (Å²) in [5.74, 6) is 0.631. The highest BCUT2D eigenvalue weighted by Crippen LogP contribution is 2.11. The van der Waals surface area contributed by atoms with Crippen molar-refractivity contribution in [2.24, 2.45) is 5.92 Å². The molecule has 0 bridgehead atoms. The minimum atomic E-state index is -0.00574. The second-order valence-corrected chi connectivity index (χ2v) is 5.60. The van der Waals surface area contributed by atoms with Crippen molar-refractivity contribution in [3.63, 3.8) is 0 Å². The average molecular weight is 284 g/mol. The van der Waals surface area contributed by atoms with Gasteiger partial charge in [-0.2, -0.15) is 0 Å². The first-order chi connectivity index (χ1) is 7.59. The van der Waals surface area contributed by atoms with E-state index in [1.807, 2.05) is 30.3 Å². The topological polar surface area (TPSA) is 29.1 Å². The van der Waals surface area contributed by atoms with Gasteiger partial charge in [-0.15, -0.1) is 0 Å². The number of carbonyl (C=O) groups excluding carboxylic acids is 1. The van der Waals surface area contributed by atoms with Crippen molar-refractivity contribution >= 4 is 21.8 Å². The summed E-state index contributed by atoms with van der Waals surface area (Å²) in [6.45, 7) is 5.02. The molecule has 0 aliphatic carbocycles. The molecule has 0 heterocycles. The molecule has 1 aromatic rings. The zero-order chi connectivity index (χ0) is 12.0. The third-order valence-electron chi connectivity index (χ3n) is 2.25. The highest BCUT2D eigenvalue weighted by Gasteiger charge is 2.09. The third kappa shape index (κ3) is 4.79. The van der Waals surface area contributed by atoms with Crippen LogP contribution >= 0.6 is 15.9 Å². The molecule has 0 saturated carbocycles. The van der Waals surface area contributed by atoms with E-state index in [2.05, 4.69) is 35.1 Å². The van der Waals surface area contributed by atoms with Crippen LogP contribution in [-0.2, 0) is 0 Å². The van der Waals surface area contributed by atoms with Crippen LogP contribution in [0.15, 0.2) is 30.3 Å². The number of benzene rings is 1.